The molecule has 25 heavy (non-hydrogen) atoms. The van der Waals surface area contributed by atoms with E-state index in [1.54, 1.807) is 11.8 Å². The Bertz CT molecular complexity index is 672. The van der Waals surface area contributed by atoms with Crippen LogP contribution >= 0.6 is 0 Å². The Morgan fingerprint density at radius 2 is 2.32 bits per heavy atom. The first-order valence-corrected chi connectivity index (χ1v) is 9.59. The number of aromatic nitrogens is 1. The van der Waals surface area contributed by atoms with Gasteiger partial charge in [0, 0.05) is 31.4 Å². The highest BCUT2D eigenvalue weighted by Crippen LogP contribution is 2.53. The number of pyridine rings is 1. The molecule has 2 aliphatic carbocycles. The van der Waals surface area contributed by atoms with E-state index in [-0.39, 0.29) is 29.3 Å². The predicted molar refractivity (Wildman–Crippen MR) is 96.6 cm³/mol. The summed E-state index contributed by atoms with van der Waals surface area (Å²) in [7, 11) is 0. The summed E-state index contributed by atoms with van der Waals surface area (Å²) in [5.74, 6) is 0.783. The molecule has 2 fully saturated rings. The third-order valence-electron chi connectivity index (χ3n) is 6.50. The Morgan fingerprint density at radius 3 is 3.12 bits per heavy atom. The number of rotatable bonds is 4. The number of carbonyl (C=O) groups excluding carboxylic acids is 1. The molecule has 134 valence electrons. The second-order valence-corrected chi connectivity index (χ2v) is 8.33. The SMILES string of the molecule is C[C@@H]1CCC[C@@]2(C)C[C@H]3OC(=O)[C@H](CNCc4cccnc4)[C@@H]3C=C12. The number of hydrogen-bond acceptors (Lipinski definition) is 4. The fourth-order valence-corrected chi connectivity index (χ4v) is 5.16. The van der Waals surface area contributed by atoms with E-state index in [0.717, 1.165) is 18.5 Å². The van der Waals surface area contributed by atoms with Gasteiger partial charge < -0.3 is 10.1 Å². The van der Waals surface area contributed by atoms with Crippen LogP contribution in [0.25, 0.3) is 0 Å². The highest BCUT2D eigenvalue weighted by Gasteiger charge is 2.51. The summed E-state index contributed by atoms with van der Waals surface area (Å²) in [5, 5.41) is 3.43. The molecule has 1 saturated carbocycles. The molecule has 1 saturated heterocycles. The molecule has 1 aliphatic heterocycles. The van der Waals surface area contributed by atoms with Crippen LogP contribution in [0.15, 0.2) is 36.2 Å². The summed E-state index contributed by atoms with van der Waals surface area (Å²) < 4.78 is 5.79. The van der Waals surface area contributed by atoms with Crippen LogP contribution in [0.1, 0.15) is 45.1 Å². The van der Waals surface area contributed by atoms with Crippen molar-refractivity contribution in [3.63, 3.8) is 0 Å². The van der Waals surface area contributed by atoms with E-state index in [2.05, 4.69) is 30.2 Å². The minimum absolute atomic E-state index is 0.0274. The second-order valence-electron chi connectivity index (χ2n) is 8.33. The number of fused-ring (bicyclic) bond motifs is 2. The first-order chi connectivity index (χ1) is 12.1. The lowest BCUT2D eigenvalue weighted by Gasteiger charge is -2.46. The molecule has 1 aromatic heterocycles. The van der Waals surface area contributed by atoms with Gasteiger partial charge in [-0.25, -0.2) is 0 Å². The van der Waals surface area contributed by atoms with E-state index in [0.29, 0.717) is 12.5 Å². The lowest BCUT2D eigenvalue weighted by Crippen LogP contribution is -2.40. The molecule has 1 N–H and O–H groups in total. The van der Waals surface area contributed by atoms with Gasteiger partial charge in [0.1, 0.15) is 6.10 Å². The van der Waals surface area contributed by atoms with E-state index in [1.807, 2.05) is 18.3 Å². The summed E-state index contributed by atoms with van der Waals surface area (Å²) in [6.07, 6.45) is 10.9. The molecule has 0 spiro atoms. The van der Waals surface area contributed by atoms with Crippen LogP contribution in [0.5, 0.6) is 0 Å². The van der Waals surface area contributed by atoms with E-state index >= 15 is 0 Å². The number of nitrogens with one attached hydrogen (secondary N) is 1. The molecule has 0 radical (unpaired) electrons. The van der Waals surface area contributed by atoms with Crippen molar-refractivity contribution in [1.29, 1.82) is 0 Å². The number of nitrogens with zero attached hydrogens (tertiary/aromatic N) is 1. The van der Waals surface area contributed by atoms with Gasteiger partial charge in [-0.3, -0.25) is 9.78 Å². The highest BCUT2D eigenvalue weighted by molar-refractivity contribution is 5.76. The van der Waals surface area contributed by atoms with Crippen LogP contribution in [-0.4, -0.2) is 23.6 Å². The molecule has 4 rings (SSSR count). The van der Waals surface area contributed by atoms with E-state index in [1.165, 1.54) is 19.3 Å². The molecule has 1 aromatic rings. The number of esters is 1. The fraction of sp³-hybridized carbons (Fsp3) is 0.619. The summed E-state index contributed by atoms with van der Waals surface area (Å²) in [6.45, 7) is 6.12. The van der Waals surface area contributed by atoms with Crippen LogP contribution in [0, 0.1) is 23.2 Å². The Hall–Kier alpha value is -1.68. The molecule has 5 atom stereocenters. The van der Waals surface area contributed by atoms with Gasteiger partial charge in [-0.1, -0.05) is 38.0 Å². The summed E-state index contributed by atoms with van der Waals surface area (Å²) in [4.78, 5) is 16.6. The first kappa shape index (κ1) is 16.8. The summed E-state index contributed by atoms with van der Waals surface area (Å²) in [5.41, 5.74) is 2.95. The van der Waals surface area contributed by atoms with Crippen molar-refractivity contribution in [1.82, 2.24) is 10.3 Å². The van der Waals surface area contributed by atoms with E-state index in [4.69, 9.17) is 4.74 Å². The monoisotopic (exact) mass is 340 g/mol. The molecule has 2 heterocycles. The van der Waals surface area contributed by atoms with Gasteiger partial charge in [0.05, 0.1) is 5.92 Å². The van der Waals surface area contributed by atoms with E-state index in [9.17, 15) is 4.79 Å². The maximum atomic E-state index is 12.5. The molecule has 0 unspecified atom stereocenters. The average molecular weight is 340 g/mol. The zero-order valence-corrected chi connectivity index (χ0v) is 15.2. The molecule has 0 amide bonds. The smallest absolute Gasteiger partial charge is 0.311 e. The minimum atomic E-state index is -0.0622. The molecule has 0 aromatic carbocycles. The molecular weight excluding hydrogens is 312 g/mol. The van der Waals surface area contributed by atoms with Crippen molar-refractivity contribution >= 4 is 5.97 Å². The van der Waals surface area contributed by atoms with Crippen molar-refractivity contribution < 1.29 is 9.53 Å². The van der Waals surface area contributed by atoms with Gasteiger partial charge >= 0.3 is 5.97 Å². The van der Waals surface area contributed by atoms with E-state index < -0.39 is 0 Å². The third kappa shape index (κ3) is 3.12. The Kier molecular flexibility index (Phi) is 4.40. The Balaban J connectivity index is 1.47. The Labute approximate surface area is 150 Å². The van der Waals surface area contributed by atoms with Crippen molar-refractivity contribution in [2.24, 2.45) is 23.2 Å². The molecule has 3 aliphatic rings. The number of allylic oxidation sites excluding steroid dienone is 1. The molecular formula is C21H28N2O2. The van der Waals surface area contributed by atoms with Crippen molar-refractivity contribution in [2.75, 3.05) is 6.54 Å². The Morgan fingerprint density at radius 1 is 1.44 bits per heavy atom. The largest absolute Gasteiger partial charge is 0.461 e. The van der Waals surface area contributed by atoms with Crippen LogP contribution in [-0.2, 0) is 16.1 Å². The van der Waals surface area contributed by atoms with Crippen LogP contribution in [0.3, 0.4) is 0 Å². The lowest BCUT2D eigenvalue weighted by molar-refractivity contribution is -0.145. The van der Waals surface area contributed by atoms with Crippen molar-refractivity contribution in [3.05, 3.63) is 41.7 Å². The predicted octanol–water partition coefficient (Wildman–Crippen LogP) is 3.49. The van der Waals surface area contributed by atoms with Crippen LogP contribution in [0.4, 0.5) is 0 Å². The van der Waals surface area contributed by atoms with Crippen molar-refractivity contribution in [3.8, 4) is 0 Å². The fourth-order valence-electron chi connectivity index (χ4n) is 5.16. The van der Waals surface area contributed by atoms with Crippen LogP contribution < -0.4 is 5.32 Å². The number of carbonyl (C=O) groups is 1. The average Bonchev–Trinajstić information content (AvgIpc) is 2.88. The van der Waals surface area contributed by atoms with Crippen molar-refractivity contribution in [2.45, 2.75) is 52.2 Å². The first-order valence-electron chi connectivity index (χ1n) is 9.59. The van der Waals surface area contributed by atoms with Gasteiger partial charge in [0.2, 0.25) is 0 Å². The molecule has 0 bridgehead atoms. The zero-order valence-electron chi connectivity index (χ0n) is 15.2. The topological polar surface area (TPSA) is 51.2 Å². The van der Waals surface area contributed by atoms with Gasteiger partial charge in [0.15, 0.2) is 0 Å². The minimum Gasteiger partial charge on any atom is -0.461 e. The maximum Gasteiger partial charge on any atom is 0.311 e. The second kappa shape index (κ2) is 6.56. The van der Waals surface area contributed by atoms with Gasteiger partial charge in [0.25, 0.3) is 0 Å². The third-order valence-corrected chi connectivity index (χ3v) is 6.50. The quantitative estimate of drug-likeness (QED) is 0.673. The summed E-state index contributed by atoms with van der Waals surface area (Å²) in [6, 6.07) is 3.99. The van der Waals surface area contributed by atoms with Gasteiger partial charge in [-0.05, 0) is 42.2 Å². The lowest BCUT2D eigenvalue weighted by atomic mass is 9.59. The van der Waals surface area contributed by atoms with Gasteiger partial charge in [-0.2, -0.15) is 0 Å². The molecule has 4 heteroatoms. The normalized spacial score (nSPS) is 37.0. The maximum absolute atomic E-state index is 12.5. The highest BCUT2D eigenvalue weighted by atomic mass is 16.6. The zero-order chi connectivity index (χ0) is 17.4. The number of ether oxygens (including phenoxy) is 1. The van der Waals surface area contributed by atoms with Crippen LogP contribution in [0.2, 0.25) is 0 Å². The summed E-state index contributed by atoms with van der Waals surface area (Å²) >= 11 is 0. The van der Waals surface area contributed by atoms with Gasteiger partial charge in [-0.15, -0.1) is 0 Å². The number of hydrogen-bond donors (Lipinski definition) is 1. The molecule has 4 nitrogen and oxygen atoms in total. The standard InChI is InChI=1S/C21H28N2O2/c1-14-5-3-7-21(2)10-19-16(9-18(14)21)17(20(24)25-19)13-23-12-15-6-4-8-22-11-15/h4,6,8-9,11,14,16-17,19,23H,3,5,7,10,12-13H2,1-2H3/t14-,16+,17-,19-,21+/m1/s1.